The van der Waals surface area contributed by atoms with Gasteiger partial charge in [-0.1, -0.05) is 72.3 Å². The maximum absolute atomic E-state index is 13.4. The summed E-state index contributed by atoms with van der Waals surface area (Å²) in [7, 11) is 0. The number of hydrogen-bond acceptors (Lipinski definition) is 26. The molecule has 0 amide bonds. The average Bonchev–Trinajstić information content (AvgIpc) is 0.773. The number of ether oxygens (including phenoxy) is 11. The molecule has 522 valence electrons. The predicted molar refractivity (Wildman–Crippen MR) is 316 cm³/mol. The van der Waals surface area contributed by atoms with Gasteiger partial charge in [0.1, 0.15) is 73.8 Å². The molecule has 0 aromatic rings. The fraction of sp³-hybridized carbons (Fsp3) is 0.846. The Kier molecular flexibility index (Phi) is 21.3. The van der Waals surface area contributed by atoms with Gasteiger partial charge in [-0.25, -0.2) is 14.4 Å². The number of hydrogen-bond donors (Lipinski definition) is 12. The summed E-state index contributed by atoms with van der Waals surface area (Å²) in [5, 5.41) is 135. The van der Waals surface area contributed by atoms with E-state index in [1.165, 1.54) is 19.9 Å². The first-order valence-electron chi connectivity index (χ1n) is 32.3. The van der Waals surface area contributed by atoms with Gasteiger partial charge in [-0.15, -0.1) is 0 Å². The van der Waals surface area contributed by atoms with Gasteiger partial charge in [-0.2, -0.15) is 0 Å². The van der Waals surface area contributed by atoms with Crippen LogP contribution < -0.4 is 0 Å². The minimum atomic E-state index is -2.13. The van der Waals surface area contributed by atoms with Crippen LogP contribution in [0.15, 0.2) is 34.9 Å². The van der Waals surface area contributed by atoms with Gasteiger partial charge in [-0.05, 0) is 124 Å². The third-order valence-electron chi connectivity index (χ3n) is 23.6. The Morgan fingerprint density at radius 3 is 1.73 bits per heavy atom. The smallest absolute Gasteiger partial charge is 0.335 e. The van der Waals surface area contributed by atoms with Crippen LogP contribution in [0.2, 0.25) is 0 Å². The molecule has 9 rings (SSSR count). The van der Waals surface area contributed by atoms with Crippen molar-refractivity contribution < 1.29 is 133 Å². The number of esters is 3. The van der Waals surface area contributed by atoms with E-state index in [0.29, 0.717) is 32.1 Å². The summed E-state index contributed by atoms with van der Waals surface area (Å²) in [5.74, 6) is -4.56. The molecule has 0 aromatic heterocycles. The van der Waals surface area contributed by atoms with Gasteiger partial charge in [0.2, 0.25) is 0 Å². The number of aliphatic hydroxyl groups excluding tert-OH is 11. The quantitative estimate of drug-likeness (QED) is 0.0314. The van der Waals surface area contributed by atoms with Crippen molar-refractivity contribution in [2.45, 2.75) is 276 Å². The summed E-state index contributed by atoms with van der Waals surface area (Å²) in [6.45, 7) is 21.8. The van der Waals surface area contributed by atoms with Crippen LogP contribution in [0.5, 0.6) is 0 Å². The van der Waals surface area contributed by atoms with Crippen LogP contribution in [0.4, 0.5) is 0 Å². The molecule has 12 N–H and O–H groups in total. The average molecular weight is 1310 g/mol. The maximum atomic E-state index is 13.4. The molecule has 0 radical (unpaired) electrons. The molecule has 5 aliphatic carbocycles. The summed E-state index contributed by atoms with van der Waals surface area (Å²) < 4.78 is 67.2. The highest BCUT2D eigenvalue weighted by Crippen LogP contribution is 2.76. The van der Waals surface area contributed by atoms with Crippen LogP contribution in [-0.2, 0) is 71.3 Å². The lowest BCUT2D eigenvalue weighted by atomic mass is 9.33. The number of aliphatic carboxylic acids is 1. The van der Waals surface area contributed by atoms with Crippen molar-refractivity contribution in [3.63, 3.8) is 0 Å². The van der Waals surface area contributed by atoms with Gasteiger partial charge < -0.3 is 113 Å². The highest BCUT2D eigenvalue weighted by Gasteiger charge is 2.74. The molecule has 0 aromatic carbocycles. The molecule has 4 aliphatic heterocycles. The lowest BCUT2D eigenvalue weighted by molar-refractivity contribution is -0.386. The maximum Gasteiger partial charge on any atom is 0.335 e. The van der Waals surface area contributed by atoms with Crippen LogP contribution in [0.25, 0.3) is 0 Å². The van der Waals surface area contributed by atoms with Crippen LogP contribution in [-0.4, -0.2) is 246 Å². The third-order valence-corrected chi connectivity index (χ3v) is 23.6. The van der Waals surface area contributed by atoms with E-state index in [1.807, 2.05) is 27.7 Å². The standard InChI is InChI=1S/C65H100O27/c1-14-27(3)54(80)87-46-29(5)83-58(45(76)48(46)88-55(81)28(4)15-2)92-52-51(77)65(26-82-30(6)68)32(22-60(52,7)8)31-16-17-36-62(11)20-19-38(61(9,10)35(62)18-21-63(36,12)64(31,13)23-37(65)69)86-59-50(91-57-43(74)41(72)39(70)33(24-66)84-57)47(44(75)49(90-59)53(78)79)89-56-42(73)40(71)34(25-67)85-56/h14-16,29,32-52,56-59,66-67,69-77H,17-26H2,1-13H3,(H,78,79)/b27-14-,28-15-/t29?,32?,33?,34-,35?,36?,37+,38-,39-,40?,41+,42-,43?,44-,45?,46-,47+,48+,49?,50?,51-,52-,56-,57-,58-,59+,62-,63+,64+,65-/m0/s1. The second-order valence-electron chi connectivity index (χ2n) is 29.4. The lowest BCUT2D eigenvalue weighted by Crippen LogP contribution is -2.72. The monoisotopic (exact) mass is 1310 g/mol. The van der Waals surface area contributed by atoms with Crippen molar-refractivity contribution in [1.82, 2.24) is 0 Å². The molecule has 10 unspecified atom stereocenters. The molecule has 9 aliphatic rings. The number of fused-ring (bicyclic) bond motifs is 7. The molecule has 27 heteroatoms. The first kappa shape index (κ1) is 72.6. The number of carboxylic acid groups (broad SMARTS) is 1. The molecule has 8 fully saturated rings. The van der Waals surface area contributed by atoms with Gasteiger partial charge in [0.05, 0.1) is 49.1 Å². The van der Waals surface area contributed by atoms with E-state index in [9.17, 15) is 80.5 Å². The number of carbonyl (C=O) groups excluding carboxylic acids is 3. The van der Waals surface area contributed by atoms with E-state index < -0.39 is 223 Å². The van der Waals surface area contributed by atoms with E-state index in [1.54, 1.807) is 33.8 Å². The van der Waals surface area contributed by atoms with E-state index in [4.69, 9.17) is 52.1 Å². The molecule has 4 heterocycles. The summed E-state index contributed by atoms with van der Waals surface area (Å²) in [5.41, 5.74) is -3.54. The zero-order chi connectivity index (χ0) is 68.0. The van der Waals surface area contributed by atoms with Gasteiger partial charge in [-0.3, -0.25) is 4.79 Å². The largest absolute Gasteiger partial charge is 0.479 e. The molecular formula is C65H100O27. The van der Waals surface area contributed by atoms with Crippen LogP contribution in [0.3, 0.4) is 0 Å². The lowest BCUT2D eigenvalue weighted by Gasteiger charge is -2.72. The second kappa shape index (κ2) is 27.0. The highest BCUT2D eigenvalue weighted by atomic mass is 16.8. The van der Waals surface area contributed by atoms with Crippen LogP contribution in [0, 0.1) is 50.2 Å². The van der Waals surface area contributed by atoms with E-state index in [-0.39, 0.29) is 35.8 Å². The Morgan fingerprint density at radius 2 is 1.16 bits per heavy atom. The van der Waals surface area contributed by atoms with Crippen molar-refractivity contribution in [2.75, 3.05) is 19.8 Å². The van der Waals surface area contributed by atoms with Crippen molar-refractivity contribution in [3.8, 4) is 0 Å². The summed E-state index contributed by atoms with van der Waals surface area (Å²) in [6, 6.07) is 0. The number of carbonyl (C=O) groups is 4. The van der Waals surface area contributed by atoms with Crippen LogP contribution >= 0.6 is 0 Å². The Morgan fingerprint density at radius 1 is 0.609 bits per heavy atom. The molecule has 30 atom stereocenters. The molecule has 92 heavy (non-hydrogen) atoms. The third kappa shape index (κ3) is 12.3. The fourth-order valence-electron chi connectivity index (χ4n) is 17.8. The van der Waals surface area contributed by atoms with Gasteiger partial charge in [0, 0.05) is 18.1 Å². The fourth-order valence-corrected chi connectivity index (χ4v) is 17.8. The minimum absolute atomic E-state index is 0.0439. The van der Waals surface area contributed by atoms with Crippen LogP contribution in [0.1, 0.15) is 135 Å². The van der Waals surface area contributed by atoms with E-state index in [0.717, 1.165) is 5.57 Å². The normalized spacial score (nSPS) is 48.4. The zero-order valence-electron chi connectivity index (χ0n) is 54.8. The molecule has 0 bridgehead atoms. The predicted octanol–water partition coefficient (Wildman–Crippen LogP) is 0.715. The molecular weight excluding hydrogens is 1210 g/mol. The Balaban J connectivity index is 1.01. The Hall–Kier alpha value is -3.66. The van der Waals surface area contributed by atoms with E-state index in [2.05, 4.69) is 26.8 Å². The first-order chi connectivity index (χ1) is 42.9. The first-order valence-corrected chi connectivity index (χ1v) is 32.3. The number of aliphatic hydroxyl groups is 11. The topological polar surface area (TPSA) is 413 Å². The van der Waals surface area contributed by atoms with Gasteiger partial charge in [0.25, 0.3) is 0 Å². The van der Waals surface area contributed by atoms with Gasteiger partial charge >= 0.3 is 23.9 Å². The zero-order valence-corrected chi connectivity index (χ0v) is 54.8. The molecule has 4 saturated heterocycles. The molecule has 0 spiro atoms. The van der Waals surface area contributed by atoms with Crippen molar-refractivity contribution >= 4 is 23.9 Å². The number of rotatable bonds is 17. The number of carboxylic acids is 1. The second-order valence-corrected chi connectivity index (χ2v) is 29.4. The summed E-state index contributed by atoms with van der Waals surface area (Å²) in [4.78, 5) is 52.4. The minimum Gasteiger partial charge on any atom is -0.479 e. The highest BCUT2D eigenvalue weighted by molar-refractivity contribution is 5.88. The molecule has 27 nitrogen and oxygen atoms in total. The van der Waals surface area contributed by atoms with E-state index >= 15 is 0 Å². The van der Waals surface area contributed by atoms with Crippen molar-refractivity contribution in [2.24, 2.45) is 50.2 Å². The SMILES string of the molecule is C/C=C(/C)C(=O)O[C@@H]1C(O)[C@H](O[C@H]2[C@H](O)[C@@]3(COC(C)=O)C(CC2(C)C)C2=CCC4[C@@]5(C)CC[C@H](O[C@@H]6OC(C(=O)O)[C@@H](O)[C@@H](O[C@@H]7O[C@@H](CO)C(O)[C@@H]7O)C6O[C@@H]6OC(CO)[C@H](O)[C@@H](O)C6O)C(C)(C)C5CC[C@@]4(C)[C@]2(C)C[C@H]3O)OC(C)[C@@H]1OC(=O)/C(C)=C\C. The number of allylic oxidation sites excluding steroid dienone is 4. The summed E-state index contributed by atoms with van der Waals surface area (Å²) in [6.07, 6.45) is -29.1. The van der Waals surface area contributed by atoms with Gasteiger partial charge in [0.15, 0.2) is 43.5 Å². The molecule has 4 saturated carbocycles. The van der Waals surface area contributed by atoms with Crippen molar-refractivity contribution in [3.05, 3.63) is 34.9 Å². The van der Waals surface area contributed by atoms with Crippen molar-refractivity contribution in [1.29, 1.82) is 0 Å². The Labute approximate surface area is 535 Å². The Bertz CT molecular complexity index is 2790. The summed E-state index contributed by atoms with van der Waals surface area (Å²) >= 11 is 0.